The molecule has 0 aliphatic carbocycles. The number of carbonyl (C=O) groups excluding carboxylic acids is 1. The van der Waals surface area contributed by atoms with Crippen LogP contribution in [0.2, 0.25) is 0 Å². The second kappa shape index (κ2) is 8.55. The maximum atomic E-state index is 12.4. The standard InChI is InChI=1S/C15H20N4O4S/c1-9(2)22-12-5-11(14(20)18-15-19-16-8-24-15)6-13(17-12)23-10(3)7-21-4/h5-6,8-10H,7H2,1-4H3,(H,18,19,20)/t10-/m1/s1. The van der Waals surface area contributed by atoms with Gasteiger partial charge < -0.3 is 14.2 Å². The average molecular weight is 352 g/mol. The van der Waals surface area contributed by atoms with E-state index in [1.165, 1.54) is 16.8 Å². The zero-order valence-corrected chi connectivity index (χ0v) is 14.8. The summed E-state index contributed by atoms with van der Waals surface area (Å²) in [5, 5.41) is 10.6. The number of hydrogen-bond donors (Lipinski definition) is 1. The van der Waals surface area contributed by atoms with Crippen molar-refractivity contribution in [2.45, 2.75) is 33.0 Å². The van der Waals surface area contributed by atoms with Gasteiger partial charge in [0.15, 0.2) is 0 Å². The summed E-state index contributed by atoms with van der Waals surface area (Å²) in [6.45, 7) is 6.01. The third kappa shape index (κ3) is 5.43. The predicted octanol–water partition coefficient (Wildman–Crippen LogP) is 2.39. The smallest absolute Gasteiger partial charge is 0.257 e. The molecule has 130 valence electrons. The Bertz CT molecular complexity index is 663. The van der Waals surface area contributed by atoms with Gasteiger partial charge in [0, 0.05) is 19.2 Å². The van der Waals surface area contributed by atoms with E-state index < -0.39 is 0 Å². The molecule has 24 heavy (non-hydrogen) atoms. The SMILES string of the molecule is COC[C@@H](C)Oc1cc(C(=O)Nc2nncs2)cc(OC(C)C)n1. The third-order valence-corrected chi connectivity index (χ3v) is 3.31. The maximum Gasteiger partial charge on any atom is 0.257 e. The molecule has 9 heteroatoms. The van der Waals surface area contributed by atoms with Crippen LogP contribution in [-0.4, -0.2) is 47.0 Å². The van der Waals surface area contributed by atoms with E-state index in [0.717, 1.165) is 0 Å². The van der Waals surface area contributed by atoms with Crippen LogP contribution in [0.3, 0.4) is 0 Å². The van der Waals surface area contributed by atoms with Crippen molar-refractivity contribution in [1.29, 1.82) is 0 Å². The fourth-order valence-electron chi connectivity index (χ4n) is 1.85. The molecule has 0 saturated carbocycles. The number of anilines is 1. The van der Waals surface area contributed by atoms with E-state index in [2.05, 4.69) is 20.5 Å². The van der Waals surface area contributed by atoms with Crippen molar-refractivity contribution in [2.24, 2.45) is 0 Å². The van der Waals surface area contributed by atoms with Crippen molar-refractivity contribution in [2.75, 3.05) is 19.0 Å². The van der Waals surface area contributed by atoms with Gasteiger partial charge in [-0.05, 0) is 20.8 Å². The summed E-state index contributed by atoms with van der Waals surface area (Å²) in [5.74, 6) is 0.265. The molecule has 0 spiro atoms. The van der Waals surface area contributed by atoms with Gasteiger partial charge in [0.05, 0.1) is 18.3 Å². The van der Waals surface area contributed by atoms with E-state index in [1.54, 1.807) is 19.2 Å². The molecule has 8 nitrogen and oxygen atoms in total. The second-order valence-electron chi connectivity index (χ2n) is 5.28. The topological polar surface area (TPSA) is 95.5 Å². The minimum Gasteiger partial charge on any atom is -0.475 e. The Balaban J connectivity index is 2.22. The minimum absolute atomic E-state index is 0.0803. The summed E-state index contributed by atoms with van der Waals surface area (Å²) >= 11 is 1.23. The van der Waals surface area contributed by atoms with Gasteiger partial charge in [0.2, 0.25) is 16.9 Å². The van der Waals surface area contributed by atoms with Gasteiger partial charge in [0.1, 0.15) is 11.6 Å². The molecule has 1 N–H and O–H groups in total. The Labute approximate surface area is 144 Å². The lowest BCUT2D eigenvalue weighted by Gasteiger charge is -2.16. The molecule has 0 fully saturated rings. The van der Waals surface area contributed by atoms with Crippen LogP contribution in [0.1, 0.15) is 31.1 Å². The molecule has 2 aromatic rings. The second-order valence-corrected chi connectivity index (χ2v) is 6.11. The van der Waals surface area contributed by atoms with Gasteiger partial charge in [-0.15, -0.1) is 10.2 Å². The zero-order valence-electron chi connectivity index (χ0n) is 14.0. The van der Waals surface area contributed by atoms with Gasteiger partial charge in [0.25, 0.3) is 5.91 Å². The summed E-state index contributed by atoms with van der Waals surface area (Å²) < 4.78 is 16.3. The molecular formula is C15H20N4O4S. The van der Waals surface area contributed by atoms with E-state index in [9.17, 15) is 4.79 Å². The van der Waals surface area contributed by atoms with Crippen LogP contribution in [0.4, 0.5) is 5.13 Å². The Morgan fingerprint density at radius 1 is 1.25 bits per heavy atom. The fourth-order valence-corrected chi connectivity index (χ4v) is 2.29. The number of carbonyl (C=O) groups is 1. The van der Waals surface area contributed by atoms with Crippen molar-refractivity contribution in [3.63, 3.8) is 0 Å². The molecular weight excluding hydrogens is 332 g/mol. The predicted molar refractivity (Wildman–Crippen MR) is 89.8 cm³/mol. The number of amides is 1. The zero-order chi connectivity index (χ0) is 17.5. The quantitative estimate of drug-likeness (QED) is 0.779. The molecule has 0 radical (unpaired) electrons. The average Bonchev–Trinajstić information content (AvgIpc) is 2.99. The summed E-state index contributed by atoms with van der Waals surface area (Å²) in [4.78, 5) is 16.6. The first kappa shape index (κ1) is 18.1. The van der Waals surface area contributed by atoms with Gasteiger partial charge >= 0.3 is 0 Å². The lowest BCUT2D eigenvalue weighted by molar-refractivity contribution is 0.0876. The highest BCUT2D eigenvalue weighted by molar-refractivity contribution is 7.13. The number of pyridine rings is 1. The van der Waals surface area contributed by atoms with Gasteiger partial charge in [-0.25, -0.2) is 0 Å². The number of ether oxygens (including phenoxy) is 3. The van der Waals surface area contributed by atoms with Crippen LogP contribution in [-0.2, 0) is 4.74 Å². The number of rotatable bonds is 8. The summed E-state index contributed by atoms with van der Waals surface area (Å²) in [5.41, 5.74) is 1.90. The fraction of sp³-hybridized carbons (Fsp3) is 0.467. The molecule has 1 amide bonds. The molecule has 2 heterocycles. The van der Waals surface area contributed by atoms with Crippen molar-refractivity contribution >= 4 is 22.4 Å². The van der Waals surface area contributed by atoms with E-state index in [1.807, 2.05) is 20.8 Å². The highest BCUT2D eigenvalue weighted by Gasteiger charge is 2.15. The first-order chi connectivity index (χ1) is 11.5. The number of aromatic nitrogens is 3. The first-order valence-corrected chi connectivity index (χ1v) is 8.27. The highest BCUT2D eigenvalue weighted by Crippen LogP contribution is 2.21. The van der Waals surface area contributed by atoms with E-state index in [-0.39, 0.29) is 18.1 Å². The van der Waals surface area contributed by atoms with Gasteiger partial charge in [-0.2, -0.15) is 4.98 Å². The van der Waals surface area contributed by atoms with Crippen LogP contribution in [0.15, 0.2) is 17.6 Å². The lowest BCUT2D eigenvalue weighted by Crippen LogP contribution is -2.20. The molecule has 2 aromatic heterocycles. The number of methoxy groups -OCH3 is 1. The van der Waals surface area contributed by atoms with E-state index in [0.29, 0.717) is 29.1 Å². The van der Waals surface area contributed by atoms with E-state index in [4.69, 9.17) is 14.2 Å². The molecule has 0 bridgehead atoms. The summed E-state index contributed by atoms with van der Waals surface area (Å²) in [6.07, 6.45) is -0.293. The van der Waals surface area contributed by atoms with Crippen molar-refractivity contribution < 1.29 is 19.0 Å². The molecule has 0 aliphatic rings. The molecule has 1 atom stereocenters. The first-order valence-electron chi connectivity index (χ1n) is 7.39. The Hall–Kier alpha value is -2.26. The Kier molecular flexibility index (Phi) is 6.44. The molecule has 0 saturated heterocycles. The molecule has 0 aliphatic heterocycles. The Morgan fingerprint density at radius 2 is 1.96 bits per heavy atom. The van der Waals surface area contributed by atoms with E-state index >= 15 is 0 Å². The summed E-state index contributed by atoms with van der Waals surface area (Å²) in [6, 6.07) is 3.11. The van der Waals surface area contributed by atoms with Crippen molar-refractivity contribution in [3.05, 3.63) is 23.2 Å². The highest BCUT2D eigenvalue weighted by atomic mass is 32.1. The van der Waals surface area contributed by atoms with Crippen LogP contribution in [0.25, 0.3) is 0 Å². The van der Waals surface area contributed by atoms with Crippen LogP contribution in [0.5, 0.6) is 11.8 Å². The van der Waals surface area contributed by atoms with Crippen LogP contribution < -0.4 is 14.8 Å². The number of hydrogen-bond acceptors (Lipinski definition) is 8. The van der Waals surface area contributed by atoms with Crippen molar-refractivity contribution in [3.8, 4) is 11.8 Å². The molecule has 2 rings (SSSR count). The summed E-state index contributed by atoms with van der Waals surface area (Å²) in [7, 11) is 1.59. The van der Waals surface area contributed by atoms with Crippen molar-refractivity contribution in [1.82, 2.24) is 15.2 Å². The monoisotopic (exact) mass is 352 g/mol. The minimum atomic E-state index is -0.341. The van der Waals surface area contributed by atoms with Gasteiger partial charge in [-0.1, -0.05) is 11.3 Å². The number of nitrogens with one attached hydrogen (secondary N) is 1. The van der Waals surface area contributed by atoms with Crippen LogP contribution >= 0.6 is 11.3 Å². The Morgan fingerprint density at radius 3 is 2.54 bits per heavy atom. The molecule has 0 aromatic carbocycles. The maximum absolute atomic E-state index is 12.4. The van der Waals surface area contributed by atoms with Gasteiger partial charge in [-0.3, -0.25) is 10.1 Å². The largest absolute Gasteiger partial charge is 0.475 e. The third-order valence-electron chi connectivity index (χ3n) is 2.70. The molecule has 0 unspecified atom stereocenters. The van der Waals surface area contributed by atoms with Crippen LogP contribution in [0, 0.1) is 0 Å². The number of nitrogens with zero attached hydrogens (tertiary/aromatic N) is 3. The normalized spacial score (nSPS) is 12.0. The lowest BCUT2D eigenvalue weighted by atomic mass is 10.2.